The molecule has 5 nitrogen and oxygen atoms in total. The molecule has 0 saturated carbocycles. The first-order valence-electron chi connectivity index (χ1n) is 9.74. The van der Waals surface area contributed by atoms with Crippen LogP contribution in [0.1, 0.15) is 37.0 Å². The van der Waals surface area contributed by atoms with E-state index in [4.69, 9.17) is 15.2 Å². The highest BCUT2D eigenvalue weighted by Gasteiger charge is 2.12. The second kappa shape index (κ2) is 12.7. The van der Waals surface area contributed by atoms with Crippen molar-refractivity contribution in [2.24, 2.45) is 15.9 Å². The van der Waals surface area contributed by atoms with Crippen molar-refractivity contribution in [2.45, 2.75) is 32.4 Å². The summed E-state index contributed by atoms with van der Waals surface area (Å²) in [6.45, 7) is 9.06. The fourth-order valence-electron chi connectivity index (χ4n) is 2.61. The van der Waals surface area contributed by atoms with E-state index in [0.717, 1.165) is 29.1 Å². The van der Waals surface area contributed by atoms with Crippen LogP contribution in [0.25, 0.3) is 0 Å². The molecule has 29 heavy (non-hydrogen) atoms. The lowest BCUT2D eigenvalue weighted by molar-refractivity contribution is 0.275. The number of benzene rings is 2. The standard InChI is InChI=1S/C23H29N3O2S/c1-4-10-20-14-19(15-21(27-6-3)22(20)28-13-5-2)16-25-26-23(24)29-17-18-11-8-7-9-12-18/h4,7-9,11-12,14-16H,1,5-6,10,13,17H2,2-3H3,(H2,24,26). The minimum atomic E-state index is 0.421. The van der Waals surface area contributed by atoms with E-state index in [9.17, 15) is 0 Å². The third kappa shape index (κ3) is 7.66. The number of amidine groups is 1. The van der Waals surface area contributed by atoms with Gasteiger partial charge in [0.15, 0.2) is 16.7 Å². The first-order valence-corrected chi connectivity index (χ1v) is 10.7. The maximum Gasteiger partial charge on any atom is 0.180 e. The van der Waals surface area contributed by atoms with Crippen LogP contribution in [0.15, 0.2) is 65.3 Å². The summed E-state index contributed by atoms with van der Waals surface area (Å²) in [6, 6.07) is 14.0. The highest BCUT2D eigenvalue weighted by Crippen LogP contribution is 2.33. The summed E-state index contributed by atoms with van der Waals surface area (Å²) < 4.78 is 11.7. The van der Waals surface area contributed by atoms with Crippen LogP contribution in [0, 0.1) is 0 Å². The van der Waals surface area contributed by atoms with Gasteiger partial charge in [0, 0.05) is 11.3 Å². The van der Waals surface area contributed by atoms with Crippen LogP contribution >= 0.6 is 11.8 Å². The van der Waals surface area contributed by atoms with Crippen LogP contribution in [0.5, 0.6) is 11.5 Å². The van der Waals surface area contributed by atoms with Crippen LogP contribution < -0.4 is 15.2 Å². The molecule has 0 aliphatic heterocycles. The molecule has 2 aromatic carbocycles. The largest absolute Gasteiger partial charge is 0.490 e. The predicted molar refractivity (Wildman–Crippen MR) is 124 cm³/mol. The van der Waals surface area contributed by atoms with Crippen LogP contribution in [0.4, 0.5) is 0 Å². The maximum atomic E-state index is 5.96. The summed E-state index contributed by atoms with van der Waals surface area (Å²) in [6.07, 6.45) is 5.13. The summed E-state index contributed by atoms with van der Waals surface area (Å²) in [4.78, 5) is 0. The van der Waals surface area contributed by atoms with Crippen LogP contribution in [0.2, 0.25) is 0 Å². The van der Waals surface area contributed by atoms with Crippen molar-refractivity contribution in [2.75, 3.05) is 13.2 Å². The van der Waals surface area contributed by atoms with Crippen molar-refractivity contribution < 1.29 is 9.47 Å². The van der Waals surface area contributed by atoms with Gasteiger partial charge in [0.1, 0.15) is 0 Å². The van der Waals surface area contributed by atoms with E-state index in [1.807, 2.05) is 43.3 Å². The molecule has 0 spiro atoms. The van der Waals surface area contributed by atoms with Gasteiger partial charge in [-0.25, -0.2) is 0 Å². The Morgan fingerprint density at radius 3 is 2.66 bits per heavy atom. The van der Waals surface area contributed by atoms with Gasteiger partial charge in [-0.2, -0.15) is 5.10 Å². The first kappa shape index (κ1) is 22.6. The monoisotopic (exact) mass is 411 g/mol. The number of allylic oxidation sites excluding steroid dienone is 1. The van der Waals surface area contributed by atoms with E-state index >= 15 is 0 Å². The molecule has 0 saturated heterocycles. The molecule has 2 aromatic rings. The molecule has 0 atom stereocenters. The lowest BCUT2D eigenvalue weighted by Crippen LogP contribution is -2.06. The van der Waals surface area contributed by atoms with Gasteiger partial charge >= 0.3 is 0 Å². The van der Waals surface area contributed by atoms with Gasteiger partial charge in [-0.1, -0.05) is 55.1 Å². The summed E-state index contributed by atoms with van der Waals surface area (Å²) in [5, 5.41) is 8.66. The number of thioether (sulfide) groups is 1. The van der Waals surface area contributed by atoms with Crippen LogP contribution in [-0.4, -0.2) is 24.6 Å². The summed E-state index contributed by atoms with van der Waals surface area (Å²) in [7, 11) is 0. The first-order chi connectivity index (χ1) is 14.2. The van der Waals surface area contributed by atoms with E-state index < -0.39 is 0 Å². The highest BCUT2D eigenvalue weighted by atomic mass is 32.2. The number of nitrogens with two attached hydrogens (primary N) is 1. The quantitative estimate of drug-likeness (QED) is 0.239. The number of hydrogen-bond donors (Lipinski definition) is 1. The number of nitrogens with zero attached hydrogens (tertiary/aromatic N) is 2. The van der Waals surface area contributed by atoms with Gasteiger partial charge in [0.2, 0.25) is 0 Å². The van der Waals surface area contributed by atoms with Gasteiger partial charge < -0.3 is 15.2 Å². The van der Waals surface area contributed by atoms with Crippen molar-refractivity contribution in [3.8, 4) is 11.5 Å². The topological polar surface area (TPSA) is 69.2 Å². The van der Waals surface area contributed by atoms with Gasteiger partial charge in [-0.15, -0.1) is 11.7 Å². The Balaban J connectivity index is 2.14. The normalized spacial score (nSPS) is 11.6. The predicted octanol–water partition coefficient (Wildman–Crippen LogP) is 5.18. The van der Waals surface area contributed by atoms with Crippen LogP contribution in [0.3, 0.4) is 0 Å². The molecular formula is C23H29N3O2S. The lowest BCUT2D eigenvalue weighted by atomic mass is 10.1. The lowest BCUT2D eigenvalue weighted by Gasteiger charge is -2.16. The van der Waals surface area contributed by atoms with Gasteiger partial charge in [-0.05, 0) is 43.0 Å². The number of rotatable bonds is 11. The van der Waals surface area contributed by atoms with E-state index in [-0.39, 0.29) is 0 Å². The molecular weight excluding hydrogens is 382 g/mol. The average molecular weight is 412 g/mol. The van der Waals surface area contributed by atoms with Gasteiger partial charge in [0.05, 0.1) is 19.4 Å². The molecule has 0 bridgehead atoms. The molecule has 154 valence electrons. The number of hydrogen-bond acceptors (Lipinski definition) is 5. The number of ether oxygens (including phenoxy) is 2. The molecule has 0 aliphatic rings. The van der Waals surface area contributed by atoms with E-state index in [1.165, 1.54) is 17.3 Å². The molecule has 0 amide bonds. The zero-order valence-corrected chi connectivity index (χ0v) is 18.0. The second-order valence-electron chi connectivity index (χ2n) is 6.24. The molecule has 0 radical (unpaired) electrons. The molecule has 2 rings (SSSR count). The summed E-state index contributed by atoms with van der Waals surface area (Å²) in [5.41, 5.74) is 9.04. The molecule has 0 aliphatic carbocycles. The van der Waals surface area contributed by atoms with Gasteiger partial charge in [0.25, 0.3) is 0 Å². The Kier molecular flexibility index (Phi) is 9.86. The Bertz CT molecular complexity index is 836. The third-order valence-electron chi connectivity index (χ3n) is 3.86. The minimum Gasteiger partial charge on any atom is -0.490 e. The van der Waals surface area contributed by atoms with Crippen molar-refractivity contribution in [3.05, 3.63) is 71.8 Å². The van der Waals surface area contributed by atoms with Crippen molar-refractivity contribution in [3.63, 3.8) is 0 Å². The Morgan fingerprint density at radius 2 is 1.97 bits per heavy atom. The molecule has 2 N–H and O–H groups in total. The maximum absolute atomic E-state index is 5.96. The zero-order chi connectivity index (χ0) is 20.9. The molecule has 6 heteroatoms. The summed E-state index contributed by atoms with van der Waals surface area (Å²) in [5.74, 6) is 2.23. The minimum absolute atomic E-state index is 0.421. The summed E-state index contributed by atoms with van der Waals surface area (Å²) >= 11 is 1.45. The van der Waals surface area contributed by atoms with E-state index in [1.54, 1.807) is 6.21 Å². The fourth-order valence-corrected chi connectivity index (χ4v) is 3.22. The molecule has 0 aromatic heterocycles. The van der Waals surface area contributed by atoms with Crippen molar-refractivity contribution in [1.29, 1.82) is 0 Å². The van der Waals surface area contributed by atoms with E-state index in [0.29, 0.717) is 30.6 Å². The van der Waals surface area contributed by atoms with Crippen molar-refractivity contribution in [1.82, 2.24) is 0 Å². The SMILES string of the molecule is C=CCc1cc(C=NN=C(N)SCc2ccccc2)cc(OCC)c1OCCC. The molecule has 0 heterocycles. The Labute approximate surface area is 177 Å². The van der Waals surface area contributed by atoms with Crippen molar-refractivity contribution >= 4 is 23.1 Å². The van der Waals surface area contributed by atoms with Gasteiger partial charge in [-0.3, -0.25) is 0 Å². The average Bonchev–Trinajstić information content (AvgIpc) is 2.73. The highest BCUT2D eigenvalue weighted by molar-refractivity contribution is 8.13. The smallest absolute Gasteiger partial charge is 0.180 e. The van der Waals surface area contributed by atoms with Crippen LogP contribution in [-0.2, 0) is 12.2 Å². The molecule has 0 unspecified atom stereocenters. The zero-order valence-electron chi connectivity index (χ0n) is 17.1. The van der Waals surface area contributed by atoms with E-state index in [2.05, 4.69) is 35.8 Å². The Morgan fingerprint density at radius 1 is 1.17 bits per heavy atom. The molecule has 0 fully saturated rings. The Hall–Kier alpha value is -2.73. The fraction of sp³-hybridized carbons (Fsp3) is 0.304. The third-order valence-corrected chi connectivity index (χ3v) is 4.72. The second-order valence-corrected chi connectivity index (χ2v) is 7.23.